The van der Waals surface area contributed by atoms with Crippen molar-refractivity contribution in [1.82, 2.24) is 19.9 Å². The van der Waals surface area contributed by atoms with Crippen molar-refractivity contribution in [2.45, 2.75) is 6.10 Å². The number of nitrogens with zero attached hydrogens (tertiary/aromatic N) is 5. The van der Waals surface area contributed by atoms with Gasteiger partial charge in [0.25, 0.3) is 0 Å². The molecule has 0 spiro atoms. The maximum absolute atomic E-state index is 11.7. The third-order valence-electron chi connectivity index (χ3n) is 5.79. The number of morpholine rings is 1. The smallest absolute Gasteiger partial charge is 0.247 e. The van der Waals surface area contributed by atoms with Gasteiger partial charge in [-0.3, -0.25) is 14.8 Å². The molecule has 5 rings (SSSR count). The van der Waals surface area contributed by atoms with Crippen molar-refractivity contribution in [2.75, 3.05) is 41.8 Å². The third-order valence-corrected chi connectivity index (χ3v) is 5.79. The highest BCUT2D eigenvalue weighted by molar-refractivity contribution is 5.99. The number of amides is 1. The van der Waals surface area contributed by atoms with E-state index in [1.807, 2.05) is 30.3 Å². The lowest BCUT2D eigenvalue weighted by atomic mass is 10.1. The summed E-state index contributed by atoms with van der Waals surface area (Å²) in [4.78, 5) is 31.9. The van der Waals surface area contributed by atoms with Gasteiger partial charge in [0, 0.05) is 54.1 Å². The number of carbonyl (C=O) groups is 1. The minimum Gasteiger partial charge on any atom is -0.394 e. The van der Waals surface area contributed by atoms with E-state index in [2.05, 4.69) is 37.1 Å². The fraction of sp³-hybridized carbons (Fsp3) is 0.192. The Hall–Kier alpha value is -4.41. The fourth-order valence-electron chi connectivity index (χ4n) is 3.98. The molecular formula is C26H25N7O3. The molecule has 0 aliphatic carbocycles. The third kappa shape index (κ3) is 5.14. The summed E-state index contributed by atoms with van der Waals surface area (Å²) in [7, 11) is 0. The van der Waals surface area contributed by atoms with Crippen LogP contribution in [0.15, 0.2) is 73.7 Å². The van der Waals surface area contributed by atoms with Gasteiger partial charge in [-0.2, -0.15) is 0 Å². The van der Waals surface area contributed by atoms with Gasteiger partial charge in [0.15, 0.2) is 0 Å². The highest BCUT2D eigenvalue weighted by Gasteiger charge is 2.20. The number of aromatic nitrogens is 4. The molecule has 4 aromatic rings. The van der Waals surface area contributed by atoms with Crippen molar-refractivity contribution in [3.8, 4) is 11.4 Å². The number of hydrogen-bond donors (Lipinski definition) is 3. The number of aliphatic hydroxyl groups is 1. The van der Waals surface area contributed by atoms with Gasteiger partial charge in [0.2, 0.25) is 11.9 Å². The predicted molar refractivity (Wildman–Crippen MR) is 138 cm³/mol. The predicted octanol–water partition coefficient (Wildman–Crippen LogP) is 3.15. The molecule has 10 heteroatoms. The van der Waals surface area contributed by atoms with E-state index in [0.717, 1.165) is 23.3 Å². The Labute approximate surface area is 207 Å². The summed E-state index contributed by atoms with van der Waals surface area (Å²) in [5, 5.41) is 16.2. The maximum Gasteiger partial charge on any atom is 0.247 e. The van der Waals surface area contributed by atoms with Crippen LogP contribution in [0.4, 0.5) is 23.0 Å². The standard InChI is InChI=1S/C26H25N7O3/c1-2-23(35)30-19-8-10-27-22(13-19)25-24-17(7-9-28-25)14-29-26(32-24)31-18-3-5-20(6-4-18)33-11-12-36-21(15-33)16-34/h2-10,13-14,21,34H,1,11-12,15-16H2,(H,27,30,35)(H,29,31,32)/t21-/m0/s1. The summed E-state index contributed by atoms with van der Waals surface area (Å²) >= 11 is 0. The maximum atomic E-state index is 11.7. The Bertz CT molecular complexity index is 1390. The molecule has 1 atom stereocenters. The summed E-state index contributed by atoms with van der Waals surface area (Å²) in [6, 6.07) is 13.2. The molecule has 36 heavy (non-hydrogen) atoms. The number of nitrogens with one attached hydrogen (secondary N) is 2. The molecular weight excluding hydrogens is 458 g/mol. The van der Waals surface area contributed by atoms with E-state index in [9.17, 15) is 9.90 Å². The lowest BCUT2D eigenvalue weighted by Gasteiger charge is -2.33. The highest BCUT2D eigenvalue weighted by atomic mass is 16.5. The molecule has 1 saturated heterocycles. The Morgan fingerprint density at radius 3 is 2.78 bits per heavy atom. The molecule has 1 aromatic carbocycles. The Morgan fingerprint density at radius 2 is 1.97 bits per heavy atom. The zero-order valence-electron chi connectivity index (χ0n) is 19.5. The number of aliphatic hydroxyl groups excluding tert-OH is 1. The van der Waals surface area contributed by atoms with E-state index in [0.29, 0.717) is 41.7 Å². The van der Waals surface area contributed by atoms with E-state index in [-0.39, 0.29) is 18.6 Å². The van der Waals surface area contributed by atoms with Crippen LogP contribution in [-0.2, 0) is 9.53 Å². The number of ether oxygens (including phenoxy) is 1. The molecule has 0 saturated carbocycles. The summed E-state index contributed by atoms with van der Waals surface area (Å²) in [5.41, 5.74) is 4.26. The first-order valence-corrected chi connectivity index (χ1v) is 11.5. The van der Waals surface area contributed by atoms with Crippen LogP contribution in [-0.4, -0.2) is 63.4 Å². The first-order valence-electron chi connectivity index (χ1n) is 11.5. The molecule has 182 valence electrons. The fourth-order valence-corrected chi connectivity index (χ4v) is 3.98. The second-order valence-corrected chi connectivity index (χ2v) is 8.21. The lowest BCUT2D eigenvalue weighted by Crippen LogP contribution is -2.44. The number of benzene rings is 1. The van der Waals surface area contributed by atoms with E-state index < -0.39 is 0 Å². The largest absolute Gasteiger partial charge is 0.394 e. The zero-order chi connectivity index (χ0) is 24.9. The number of rotatable bonds is 7. The molecule has 0 unspecified atom stereocenters. The highest BCUT2D eigenvalue weighted by Crippen LogP contribution is 2.27. The molecule has 1 aliphatic heterocycles. The number of hydrogen-bond acceptors (Lipinski definition) is 9. The Balaban J connectivity index is 1.38. The second-order valence-electron chi connectivity index (χ2n) is 8.21. The lowest BCUT2D eigenvalue weighted by molar-refractivity contribution is -0.111. The van der Waals surface area contributed by atoms with Gasteiger partial charge in [0.05, 0.1) is 25.0 Å². The van der Waals surface area contributed by atoms with Gasteiger partial charge >= 0.3 is 0 Å². The summed E-state index contributed by atoms with van der Waals surface area (Å²) in [6.45, 7) is 5.50. The summed E-state index contributed by atoms with van der Waals surface area (Å²) in [5.74, 6) is 0.118. The van der Waals surface area contributed by atoms with Gasteiger partial charge in [-0.15, -0.1) is 0 Å². The monoisotopic (exact) mass is 483 g/mol. The van der Waals surface area contributed by atoms with Crippen molar-refractivity contribution in [3.05, 3.63) is 73.7 Å². The summed E-state index contributed by atoms with van der Waals surface area (Å²) in [6.07, 6.45) is 6.06. The van der Waals surface area contributed by atoms with Crippen LogP contribution in [0.3, 0.4) is 0 Å². The van der Waals surface area contributed by atoms with E-state index in [1.165, 1.54) is 6.08 Å². The van der Waals surface area contributed by atoms with Gasteiger partial charge in [-0.25, -0.2) is 9.97 Å². The molecule has 0 radical (unpaired) electrons. The second kappa shape index (κ2) is 10.5. The van der Waals surface area contributed by atoms with Crippen LogP contribution in [0.25, 0.3) is 22.3 Å². The average Bonchev–Trinajstić information content (AvgIpc) is 2.93. The van der Waals surface area contributed by atoms with E-state index in [1.54, 1.807) is 30.7 Å². The molecule has 1 amide bonds. The minimum absolute atomic E-state index is 0.00949. The normalized spacial score (nSPS) is 15.5. The van der Waals surface area contributed by atoms with Crippen molar-refractivity contribution in [3.63, 3.8) is 0 Å². The number of carbonyl (C=O) groups excluding carboxylic acids is 1. The molecule has 3 aromatic heterocycles. The van der Waals surface area contributed by atoms with Crippen molar-refractivity contribution >= 4 is 39.8 Å². The number of anilines is 4. The molecule has 1 aliphatic rings. The van der Waals surface area contributed by atoms with Gasteiger partial charge in [-0.05, 0) is 48.5 Å². The van der Waals surface area contributed by atoms with Gasteiger partial charge in [-0.1, -0.05) is 6.58 Å². The molecule has 3 N–H and O–H groups in total. The van der Waals surface area contributed by atoms with Gasteiger partial charge in [0.1, 0.15) is 11.2 Å². The van der Waals surface area contributed by atoms with Crippen molar-refractivity contribution < 1.29 is 14.6 Å². The van der Waals surface area contributed by atoms with Crippen LogP contribution in [0.2, 0.25) is 0 Å². The van der Waals surface area contributed by atoms with Gasteiger partial charge < -0.3 is 25.4 Å². The molecule has 1 fully saturated rings. The Morgan fingerprint density at radius 1 is 1.14 bits per heavy atom. The van der Waals surface area contributed by atoms with Crippen molar-refractivity contribution in [1.29, 1.82) is 0 Å². The zero-order valence-corrected chi connectivity index (χ0v) is 19.5. The Kier molecular flexibility index (Phi) is 6.78. The minimum atomic E-state index is -0.306. The van der Waals surface area contributed by atoms with Crippen LogP contribution >= 0.6 is 0 Å². The van der Waals surface area contributed by atoms with Crippen LogP contribution in [0.1, 0.15) is 0 Å². The average molecular weight is 484 g/mol. The topological polar surface area (TPSA) is 125 Å². The first-order chi connectivity index (χ1) is 17.6. The van der Waals surface area contributed by atoms with Crippen LogP contribution in [0, 0.1) is 0 Å². The van der Waals surface area contributed by atoms with Crippen LogP contribution in [0.5, 0.6) is 0 Å². The quantitative estimate of drug-likeness (QED) is 0.340. The molecule has 10 nitrogen and oxygen atoms in total. The first kappa shape index (κ1) is 23.3. The number of fused-ring (bicyclic) bond motifs is 1. The summed E-state index contributed by atoms with van der Waals surface area (Å²) < 4.78 is 5.53. The van der Waals surface area contributed by atoms with Crippen LogP contribution < -0.4 is 15.5 Å². The van der Waals surface area contributed by atoms with Crippen molar-refractivity contribution in [2.24, 2.45) is 0 Å². The molecule has 0 bridgehead atoms. The molecule has 4 heterocycles. The number of pyridine rings is 2. The SMILES string of the molecule is C=CC(=O)Nc1ccnc(-c2nccc3cnc(Nc4ccc(N5CCO[C@H](CO)C5)cc4)nc23)c1. The van der Waals surface area contributed by atoms with E-state index in [4.69, 9.17) is 9.72 Å². The van der Waals surface area contributed by atoms with E-state index >= 15 is 0 Å².